The van der Waals surface area contributed by atoms with Crippen molar-refractivity contribution in [2.45, 2.75) is 13.5 Å². The van der Waals surface area contributed by atoms with Crippen LogP contribution in [0, 0.1) is 6.92 Å². The van der Waals surface area contributed by atoms with Crippen LogP contribution in [0.2, 0.25) is 0 Å². The first-order valence-corrected chi connectivity index (χ1v) is 10.1. The molecule has 150 valence electrons. The van der Waals surface area contributed by atoms with Gasteiger partial charge in [0.2, 0.25) is 0 Å². The first-order valence-electron chi connectivity index (χ1n) is 9.31. The molecule has 6 heteroatoms. The molecule has 1 amide bonds. The largest absolute Gasteiger partial charge is 0.489 e. The Hall–Kier alpha value is -3.38. The van der Waals surface area contributed by atoms with Crippen LogP contribution in [0.25, 0.3) is 11.0 Å². The molecule has 0 saturated carbocycles. The lowest BCUT2D eigenvalue weighted by Crippen LogP contribution is -2.11. The average Bonchev–Trinajstić information content (AvgIpc) is 2.74. The van der Waals surface area contributed by atoms with Gasteiger partial charge in [-0.25, -0.2) is 4.79 Å². The van der Waals surface area contributed by atoms with Crippen LogP contribution in [0.15, 0.2) is 86.5 Å². The van der Waals surface area contributed by atoms with Crippen molar-refractivity contribution >= 4 is 38.5 Å². The molecule has 0 aliphatic rings. The molecule has 0 saturated heterocycles. The van der Waals surface area contributed by atoms with Gasteiger partial charge in [0.15, 0.2) is 0 Å². The van der Waals surface area contributed by atoms with Gasteiger partial charge in [0.05, 0.1) is 0 Å². The van der Waals surface area contributed by atoms with Gasteiger partial charge in [-0.2, -0.15) is 0 Å². The van der Waals surface area contributed by atoms with Gasteiger partial charge in [-0.3, -0.25) is 4.79 Å². The zero-order chi connectivity index (χ0) is 21.1. The molecule has 0 aliphatic heterocycles. The number of anilines is 1. The van der Waals surface area contributed by atoms with E-state index >= 15 is 0 Å². The number of hydrogen-bond donors (Lipinski definition) is 1. The van der Waals surface area contributed by atoms with Crippen LogP contribution in [-0.2, 0) is 6.61 Å². The van der Waals surface area contributed by atoms with E-state index in [0.29, 0.717) is 23.5 Å². The molecule has 0 unspecified atom stereocenters. The molecule has 4 aromatic rings. The molecule has 0 aliphatic carbocycles. The highest BCUT2D eigenvalue weighted by molar-refractivity contribution is 9.10. The second-order valence-corrected chi connectivity index (χ2v) is 7.77. The van der Waals surface area contributed by atoms with Gasteiger partial charge in [0, 0.05) is 33.2 Å². The summed E-state index contributed by atoms with van der Waals surface area (Å²) in [5.41, 5.74) is 3.19. The number of fused-ring (bicyclic) bond motifs is 1. The van der Waals surface area contributed by atoms with E-state index in [0.717, 1.165) is 26.7 Å². The predicted molar refractivity (Wildman–Crippen MR) is 120 cm³/mol. The molecular weight excluding hydrogens is 446 g/mol. The van der Waals surface area contributed by atoms with E-state index in [9.17, 15) is 9.59 Å². The fourth-order valence-corrected chi connectivity index (χ4v) is 3.31. The van der Waals surface area contributed by atoms with Crippen molar-refractivity contribution < 1.29 is 13.9 Å². The molecule has 4 rings (SSSR count). The zero-order valence-electron chi connectivity index (χ0n) is 16.1. The van der Waals surface area contributed by atoms with Crippen LogP contribution >= 0.6 is 15.9 Å². The topological polar surface area (TPSA) is 68.5 Å². The SMILES string of the molecule is Cc1cc(=O)oc2cc(OCc3ccc(C(=O)Nc4ccc(Br)cc4)cc3)ccc12. The Morgan fingerprint density at radius 1 is 1.00 bits per heavy atom. The van der Waals surface area contributed by atoms with Crippen molar-refractivity contribution in [2.24, 2.45) is 0 Å². The Labute approximate surface area is 181 Å². The number of aryl methyl sites for hydroxylation is 1. The highest BCUT2D eigenvalue weighted by Gasteiger charge is 2.07. The van der Waals surface area contributed by atoms with E-state index in [1.807, 2.05) is 55.5 Å². The first-order chi connectivity index (χ1) is 14.5. The average molecular weight is 464 g/mol. The summed E-state index contributed by atoms with van der Waals surface area (Å²) in [5.74, 6) is 0.429. The number of rotatable bonds is 5. The summed E-state index contributed by atoms with van der Waals surface area (Å²) in [7, 11) is 0. The molecule has 0 atom stereocenters. The Bertz CT molecular complexity index is 1260. The summed E-state index contributed by atoms with van der Waals surface area (Å²) in [6.45, 7) is 2.20. The van der Waals surface area contributed by atoms with Crippen molar-refractivity contribution in [3.05, 3.63) is 104 Å². The highest BCUT2D eigenvalue weighted by atomic mass is 79.9. The fourth-order valence-electron chi connectivity index (χ4n) is 3.05. The Kier molecular flexibility index (Phi) is 5.68. The molecule has 0 bridgehead atoms. The van der Waals surface area contributed by atoms with E-state index in [1.54, 1.807) is 18.2 Å². The summed E-state index contributed by atoms with van der Waals surface area (Å²) < 4.78 is 12.0. The number of halogens is 1. The second kappa shape index (κ2) is 8.55. The fraction of sp³-hybridized carbons (Fsp3) is 0.0833. The van der Waals surface area contributed by atoms with Crippen LogP contribution in [0.5, 0.6) is 5.75 Å². The molecule has 1 N–H and O–H groups in total. The molecule has 1 heterocycles. The van der Waals surface area contributed by atoms with Crippen LogP contribution in [0.1, 0.15) is 21.5 Å². The van der Waals surface area contributed by atoms with E-state index in [4.69, 9.17) is 9.15 Å². The van der Waals surface area contributed by atoms with Crippen molar-refractivity contribution in [2.75, 3.05) is 5.32 Å². The summed E-state index contributed by atoms with van der Waals surface area (Å²) in [4.78, 5) is 23.9. The smallest absolute Gasteiger partial charge is 0.336 e. The maximum absolute atomic E-state index is 12.4. The van der Waals surface area contributed by atoms with Crippen LogP contribution in [-0.4, -0.2) is 5.91 Å². The van der Waals surface area contributed by atoms with E-state index < -0.39 is 0 Å². The third-order valence-corrected chi connectivity index (χ3v) is 5.18. The number of nitrogens with one attached hydrogen (secondary N) is 1. The number of benzene rings is 3. The predicted octanol–water partition coefficient (Wildman–Crippen LogP) is 5.70. The van der Waals surface area contributed by atoms with Crippen molar-refractivity contribution in [1.29, 1.82) is 0 Å². The molecule has 1 aromatic heterocycles. The number of amides is 1. The lowest BCUT2D eigenvalue weighted by molar-refractivity contribution is 0.102. The lowest BCUT2D eigenvalue weighted by atomic mass is 10.1. The maximum Gasteiger partial charge on any atom is 0.336 e. The van der Waals surface area contributed by atoms with Gasteiger partial charge < -0.3 is 14.5 Å². The monoisotopic (exact) mass is 463 g/mol. The third-order valence-electron chi connectivity index (χ3n) is 4.65. The third kappa shape index (κ3) is 4.60. The molecular formula is C24H18BrNO4. The van der Waals surface area contributed by atoms with Crippen molar-refractivity contribution in [1.82, 2.24) is 0 Å². The van der Waals surface area contributed by atoms with Gasteiger partial charge in [-0.05, 0) is 66.6 Å². The van der Waals surface area contributed by atoms with Gasteiger partial charge >= 0.3 is 5.63 Å². The summed E-state index contributed by atoms with van der Waals surface area (Å²) >= 11 is 3.37. The molecule has 5 nitrogen and oxygen atoms in total. The maximum atomic E-state index is 12.4. The van der Waals surface area contributed by atoms with E-state index in [1.165, 1.54) is 6.07 Å². The normalized spacial score (nSPS) is 10.7. The van der Waals surface area contributed by atoms with Crippen LogP contribution in [0.3, 0.4) is 0 Å². The summed E-state index contributed by atoms with van der Waals surface area (Å²) in [6.07, 6.45) is 0. The van der Waals surface area contributed by atoms with Gasteiger partial charge in [-0.1, -0.05) is 28.1 Å². The van der Waals surface area contributed by atoms with Gasteiger partial charge in [0.25, 0.3) is 5.91 Å². The summed E-state index contributed by atoms with van der Waals surface area (Å²) in [5, 5.41) is 3.74. The van der Waals surface area contributed by atoms with Crippen molar-refractivity contribution in [3.8, 4) is 5.75 Å². The minimum Gasteiger partial charge on any atom is -0.489 e. The van der Waals surface area contributed by atoms with Crippen LogP contribution in [0.4, 0.5) is 5.69 Å². The minimum absolute atomic E-state index is 0.176. The minimum atomic E-state index is -0.380. The lowest BCUT2D eigenvalue weighted by Gasteiger charge is -2.09. The van der Waals surface area contributed by atoms with Crippen LogP contribution < -0.4 is 15.7 Å². The van der Waals surface area contributed by atoms with E-state index in [-0.39, 0.29) is 11.5 Å². The molecule has 30 heavy (non-hydrogen) atoms. The van der Waals surface area contributed by atoms with Gasteiger partial charge in [-0.15, -0.1) is 0 Å². The number of ether oxygens (including phenoxy) is 1. The number of carbonyl (C=O) groups excluding carboxylic acids is 1. The molecule has 3 aromatic carbocycles. The standard InChI is InChI=1S/C24H18BrNO4/c1-15-12-23(27)30-22-13-20(10-11-21(15)22)29-14-16-2-4-17(5-3-16)24(28)26-19-8-6-18(25)7-9-19/h2-13H,14H2,1H3,(H,26,28). The molecule has 0 radical (unpaired) electrons. The second-order valence-electron chi connectivity index (χ2n) is 6.85. The zero-order valence-corrected chi connectivity index (χ0v) is 17.7. The molecule has 0 fully saturated rings. The van der Waals surface area contributed by atoms with E-state index in [2.05, 4.69) is 21.2 Å². The number of carbonyl (C=O) groups is 1. The number of hydrogen-bond acceptors (Lipinski definition) is 4. The van der Waals surface area contributed by atoms with Gasteiger partial charge in [0.1, 0.15) is 17.9 Å². The summed E-state index contributed by atoms with van der Waals surface area (Å²) in [6, 6.07) is 21.5. The Morgan fingerprint density at radius 2 is 1.73 bits per heavy atom. The Morgan fingerprint density at radius 3 is 2.47 bits per heavy atom. The Balaban J connectivity index is 1.41. The first kappa shape index (κ1) is 19.9. The molecule has 0 spiro atoms. The quantitative estimate of drug-likeness (QED) is 0.385. The highest BCUT2D eigenvalue weighted by Crippen LogP contribution is 2.23. The van der Waals surface area contributed by atoms with Crippen molar-refractivity contribution in [3.63, 3.8) is 0 Å².